The Hall–Kier alpha value is -0.770. The van der Waals surface area contributed by atoms with Crippen molar-refractivity contribution in [3.05, 3.63) is 29.0 Å². The van der Waals surface area contributed by atoms with E-state index in [4.69, 9.17) is 23.2 Å². The highest BCUT2D eigenvalue weighted by atomic mass is 35.5. The number of aromatic nitrogens is 2. The summed E-state index contributed by atoms with van der Waals surface area (Å²) in [5.41, 5.74) is 2.18. The second-order valence-corrected chi connectivity index (χ2v) is 6.50. The predicted molar refractivity (Wildman–Crippen MR) is 84.6 cm³/mol. The molecule has 108 valence electrons. The van der Waals surface area contributed by atoms with Crippen LogP contribution in [-0.2, 0) is 12.4 Å². The highest BCUT2D eigenvalue weighted by Gasteiger charge is 2.40. The van der Waals surface area contributed by atoms with Crippen molar-refractivity contribution in [1.82, 2.24) is 14.5 Å². The van der Waals surface area contributed by atoms with Crippen LogP contribution in [-0.4, -0.2) is 34.1 Å². The molecular formula is C15H19Cl2N3. The Morgan fingerprint density at radius 1 is 1.35 bits per heavy atom. The van der Waals surface area contributed by atoms with Gasteiger partial charge < -0.3 is 9.47 Å². The third-order valence-electron chi connectivity index (χ3n) is 4.61. The molecule has 0 aliphatic heterocycles. The second-order valence-electron chi connectivity index (χ2n) is 5.83. The third-order valence-corrected chi connectivity index (χ3v) is 5.16. The van der Waals surface area contributed by atoms with Gasteiger partial charge in [-0.05, 0) is 45.5 Å². The Balaban J connectivity index is 2.08. The molecule has 20 heavy (non-hydrogen) atoms. The van der Waals surface area contributed by atoms with Crippen LogP contribution in [0.2, 0.25) is 5.02 Å². The standard InChI is InChI=1S/C15H19Cl2N3/c1-19(2)15(7-4-8-15)10-20-12-6-3-5-11(17)14(12)18-13(20)9-16/h3,5-6H,4,7-10H2,1-2H3. The molecule has 0 bridgehead atoms. The first kappa shape index (κ1) is 14.2. The van der Waals surface area contributed by atoms with Crippen molar-refractivity contribution >= 4 is 34.2 Å². The molecule has 0 unspecified atom stereocenters. The molecule has 3 nitrogen and oxygen atoms in total. The summed E-state index contributed by atoms with van der Waals surface area (Å²) in [6.45, 7) is 0.929. The number of nitrogens with zero attached hydrogens (tertiary/aromatic N) is 3. The number of fused-ring (bicyclic) bond motifs is 1. The molecule has 1 fully saturated rings. The zero-order chi connectivity index (χ0) is 14.3. The molecule has 1 aromatic carbocycles. The van der Waals surface area contributed by atoms with Crippen LogP contribution in [0, 0.1) is 0 Å². The van der Waals surface area contributed by atoms with Crippen LogP contribution in [0.25, 0.3) is 11.0 Å². The van der Waals surface area contributed by atoms with Crippen molar-refractivity contribution in [1.29, 1.82) is 0 Å². The van der Waals surface area contributed by atoms with Crippen LogP contribution < -0.4 is 0 Å². The van der Waals surface area contributed by atoms with Crippen LogP contribution in [0.3, 0.4) is 0 Å². The fourth-order valence-corrected chi connectivity index (χ4v) is 3.48. The molecule has 2 aromatic rings. The van der Waals surface area contributed by atoms with E-state index >= 15 is 0 Å². The Morgan fingerprint density at radius 3 is 2.65 bits per heavy atom. The van der Waals surface area contributed by atoms with E-state index in [1.807, 2.05) is 12.1 Å². The predicted octanol–water partition coefficient (Wildman–Crippen LogP) is 3.91. The fraction of sp³-hybridized carbons (Fsp3) is 0.533. The van der Waals surface area contributed by atoms with Crippen molar-refractivity contribution in [2.75, 3.05) is 14.1 Å². The van der Waals surface area contributed by atoms with Gasteiger partial charge in [0.05, 0.1) is 16.4 Å². The molecule has 1 heterocycles. The number of alkyl halides is 1. The summed E-state index contributed by atoms with van der Waals surface area (Å²) in [7, 11) is 4.32. The van der Waals surface area contributed by atoms with Crippen LogP contribution in [0.15, 0.2) is 18.2 Å². The lowest BCUT2D eigenvalue weighted by Crippen LogP contribution is -2.53. The highest BCUT2D eigenvalue weighted by Crippen LogP contribution is 2.39. The van der Waals surface area contributed by atoms with E-state index in [1.54, 1.807) is 0 Å². The zero-order valence-electron chi connectivity index (χ0n) is 11.9. The summed E-state index contributed by atoms with van der Waals surface area (Å²) in [4.78, 5) is 6.95. The summed E-state index contributed by atoms with van der Waals surface area (Å²) in [6, 6.07) is 5.93. The number of likely N-dealkylation sites (N-methyl/N-ethyl adjacent to an activating group) is 1. The Bertz CT molecular complexity index is 629. The SMILES string of the molecule is CN(C)C1(Cn2c(CCl)nc3c(Cl)cccc32)CCC1. The maximum Gasteiger partial charge on any atom is 0.124 e. The monoisotopic (exact) mass is 311 g/mol. The number of para-hydroxylation sites is 1. The van der Waals surface area contributed by atoms with Gasteiger partial charge in [-0.15, -0.1) is 11.6 Å². The summed E-state index contributed by atoms with van der Waals surface area (Å²) >= 11 is 12.3. The average molecular weight is 312 g/mol. The number of imidazole rings is 1. The molecule has 0 atom stereocenters. The first-order valence-electron chi connectivity index (χ1n) is 6.94. The normalized spacial score (nSPS) is 17.6. The topological polar surface area (TPSA) is 21.1 Å². The minimum atomic E-state index is 0.233. The molecule has 1 aliphatic rings. The first-order chi connectivity index (χ1) is 9.57. The van der Waals surface area contributed by atoms with Crippen molar-refractivity contribution in [3.63, 3.8) is 0 Å². The van der Waals surface area contributed by atoms with Gasteiger partial charge in [-0.2, -0.15) is 0 Å². The molecule has 3 rings (SSSR count). The Morgan fingerprint density at radius 2 is 2.10 bits per heavy atom. The summed E-state index contributed by atoms with van der Waals surface area (Å²) < 4.78 is 2.24. The summed E-state index contributed by atoms with van der Waals surface area (Å²) in [5, 5.41) is 0.695. The number of halogens is 2. The molecule has 5 heteroatoms. The van der Waals surface area contributed by atoms with E-state index < -0.39 is 0 Å². The van der Waals surface area contributed by atoms with E-state index in [-0.39, 0.29) is 5.54 Å². The quantitative estimate of drug-likeness (QED) is 0.798. The van der Waals surface area contributed by atoms with Gasteiger partial charge in [-0.1, -0.05) is 17.7 Å². The summed E-state index contributed by atoms with van der Waals surface area (Å²) in [5.74, 6) is 1.32. The van der Waals surface area contributed by atoms with Crippen molar-refractivity contribution in [2.45, 2.75) is 37.2 Å². The van der Waals surface area contributed by atoms with Crippen molar-refractivity contribution in [2.24, 2.45) is 0 Å². The highest BCUT2D eigenvalue weighted by molar-refractivity contribution is 6.35. The van der Waals surface area contributed by atoms with Crippen LogP contribution >= 0.6 is 23.2 Å². The molecular weight excluding hydrogens is 293 g/mol. The first-order valence-corrected chi connectivity index (χ1v) is 7.86. The lowest BCUT2D eigenvalue weighted by atomic mass is 9.75. The van der Waals surface area contributed by atoms with Crippen LogP contribution in [0.4, 0.5) is 0 Å². The molecule has 1 saturated carbocycles. The molecule has 0 N–H and O–H groups in total. The van der Waals surface area contributed by atoms with Gasteiger partial charge in [-0.3, -0.25) is 0 Å². The number of benzene rings is 1. The van der Waals surface area contributed by atoms with Crippen molar-refractivity contribution in [3.8, 4) is 0 Å². The minimum absolute atomic E-state index is 0.233. The molecule has 1 aromatic heterocycles. The molecule has 0 radical (unpaired) electrons. The lowest BCUT2D eigenvalue weighted by Gasteiger charge is -2.47. The van der Waals surface area contributed by atoms with E-state index in [1.165, 1.54) is 19.3 Å². The molecule has 0 spiro atoms. The smallest absolute Gasteiger partial charge is 0.124 e. The third kappa shape index (κ3) is 2.12. The Kier molecular flexibility index (Phi) is 3.69. The van der Waals surface area contributed by atoms with Gasteiger partial charge in [0.15, 0.2) is 0 Å². The fourth-order valence-electron chi connectivity index (χ4n) is 3.07. The number of hydrogen-bond acceptors (Lipinski definition) is 2. The largest absolute Gasteiger partial charge is 0.325 e. The van der Waals surface area contributed by atoms with Gasteiger partial charge in [0.25, 0.3) is 0 Å². The second kappa shape index (κ2) is 5.21. The Labute approximate surface area is 129 Å². The van der Waals surface area contributed by atoms with Gasteiger partial charge >= 0.3 is 0 Å². The zero-order valence-corrected chi connectivity index (χ0v) is 13.4. The maximum atomic E-state index is 6.25. The van der Waals surface area contributed by atoms with Crippen LogP contribution in [0.1, 0.15) is 25.1 Å². The van der Waals surface area contributed by atoms with Gasteiger partial charge in [0, 0.05) is 12.1 Å². The lowest BCUT2D eigenvalue weighted by molar-refractivity contribution is 0.0429. The molecule has 1 aliphatic carbocycles. The number of rotatable bonds is 4. The average Bonchev–Trinajstić information content (AvgIpc) is 2.72. The van der Waals surface area contributed by atoms with E-state index in [0.717, 1.165) is 23.4 Å². The van der Waals surface area contributed by atoms with Crippen molar-refractivity contribution < 1.29 is 0 Å². The van der Waals surface area contributed by atoms with Gasteiger partial charge in [-0.25, -0.2) is 4.98 Å². The maximum absolute atomic E-state index is 6.25. The van der Waals surface area contributed by atoms with Gasteiger partial charge in [0.1, 0.15) is 11.3 Å². The van der Waals surface area contributed by atoms with Gasteiger partial charge in [0.2, 0.25) is 0 Å². The molecule has 0 amide bonds. The van der Waals surface area contributed by atoms with E-state index in [0.29, 0.717) is 10.9 Å². The molecule has 0 saturated heterocycles. The number of hydrogen-bond donors (Lipinski definition) is 0. The van der Waals surface area contributed by atoms with E-state index in [9.17, 15) is 0 Å². The summed E-state index contributed by atoms with van der Waals surface area (Å²) in [6.07, 6.45) is 3.74. The van der Waals surface area contributed by atoms with E-state index in [2.05, 4.69) is 34.6 Å². The van der Waals surface area contributed by atoms with Crippen LogP contribution in [0.5, 0.6) is 0 Å². The minimum Gasteiger partial charge on any atom is -0.325 e.